The Kier molecular flexibility index (Phi) is 6.28. The normalized spacial score (nSPS) is 11.0. The molecule has 4 nitrogen and oxygen atoms in total. The lowest BCUT2D eigenvalue weighted by Gasteiger charge is -2.29. The van der Waals surface area contributed by atoms with Crippen LogP contribution in [0.4, 0.5) is 4.39 Å². The van der Waals surface area contributed by atoms with Gasteiger partial charge in [-0.1, -0.05) is 42.5 Å². The molecule has 0 unspecified atom stereocenters. The molecule has 0 atom stereocenters. The summed E-state index contributed by atoms with van der Waals surface area (Å²) in [5.41, 5.74) is -0.520. The second-order valence-electron chi connectivity index (χ2n) is 5.52. The maximum absolute atomic E-state index is 13.2. The van der Waals surface area contributed by atoms with Crippen LogP contribution in [0.15, 0.2) is 54.6 Å². The SMILES string of the molecule is CCOC(=O)C(Cc1ccc(F)cc1)(C(=O)OCC)c1ccccc1. The molecule has 0 bridgehead atoms. The Morgan fingerprint density at radius 3 is 1.88 bits per heavy atom. The van der Waals surface area contributed by atoms with E-state index in [0.29, 0.717) is 11.1 Å². The first-order chi connectivity index (χ1) is 12.0. The molecular weight excluding hydrogens is 323 g/mol. The Bertz CT molecular complexity index is 692. The first kappa shape index (κ1) is 18.6. The third-order valence-corrected chi connectivity index (χ3v) is 3.90. The van der Waals surface area contributed by atoms with Crippen molar-refractivity contribution < 1.29 is 23.5 Å². The van der Waals surface area contributed by atoms with Crippen molar-refractivity contribution in [2.24, 2.45) is 0 Å². The second kappa shape index (κ2) is 8.42. The van der Waals surface area contributed by atoms with Gasteiger partial charge in [-0.3, -0.25) is 9.59 Å². The molecule has 0 fully saturated rings. The summed E-state index contributed by atoms with van der Waals surface area (Å²) in [7, 11) is 0. The third-order valence-electron chi connectivity index (χ3n) is 3.90. The molecule has 2 rings (SSSR count). The first-order valence-corrected chi connectivity index (χ1v) is 8.19. The van der Waals surface area contributed by atoms with E-state index in [0.717, 1.165) is 0 Å². The van der Waals surface area contributed by atoms with Gasteiger partial charge in [-0.05, 0) is 37.1 Å². The van der Waals surface area contributed by atoms with E-state index in [1.165, 1.54) is 12.1 Å². The number of ether oxygens (including phenoxy) is 2. The molecule has 0 heterocycles. The average Bonchev–Trinajstić information content (AvgIpc) is 2.62. The molecule has 2 aromatic carbocycles. The number of hydrogen-bond donors (Lipinski definition) is 0. The molecule has 0 aliphatic heterocycles. The van der Waals surface area contributed by atoms with Crippen molar-refractivity contribution in [2.45, 2.75) is 25.7 Å². The Balaban J connectivity index is 2.58. The maximum atomic E-state index is 13.2. The zero-order valence-corrected chi connectivity index (χ0v) is 14.3. The van der Waals surface area contributed by atoms with Gasteiger partial charge < -0.3 is 9.47 Å². The smallest absolute Gasteiger partial charge is 0.328 e. The summed E-state index contributed by atoms with van der Waals surface area (Å²) >= 11 is 0. The fraction of sp³-hybridized carbons (Fsp3) is 0.300. The van der Waals surface area contributed by atoms with Crippen LogP contribution in [0.25, 0.3) is 0 Å². The summed E-state index contributed by atoms with van der Waals surface area (Å²) in [5.74, 6) is -1.74. The van der Waals surface area contributed by atoms with Crippen LogP contribution in [-0.2, 0) is 30.9 Å². The summed E-state index contributed by atoms with van der Waals surface area (Å²) in [6.45, 7) is 3.62. The lowest BCUT2D eigenvalue weighted by Crippen LogP contribution is -2.48. The van der Waals surface area contributed by atoms with E-state index in [4.69, 9.17) is 9.47 Å². The summed E-state index contributed by atoms with van der Waals surface area (Å²) in [6.07, 6.45) is 0.0228. The summed E-state index contributed by atoms with van der Waals surface area (Å²) < 4.78 is 23.6. The van der Waals surface area contributed by atoms with Gasteiger partial charge in [0.2, 0.25) is 0 Å². The van der Waals surface area contributed by atoms with Crippen LogP contribution in [0.2, 0.25) is 0 Å². The van der Waals surface area contributed by atoms with E-state index in [1.54, 1.807) is 56.3 Å². The molecule has 2 aromatic rings. The molecule has 132 valence electrons. The van der Waals surface area contributed by atoms with Gasteiger partial charge in [-0.15, -0.1) is 0 Å². The number of hydrogen-bond acceptors (Lipinski definition) is 4. The highest BCUT2D eigenvalue weighted by molar-refractivity contribution is 6.06. The van der Waals surface area contributed by atoms with Crippen molar-refractivity contribution in [3.8, 4) is 0 Å². The molecule has 0 aliphatic carbocycles. The number of carbonyl (C=O) groups excluding carboxylic acids is 2. The van der Waals surface area contributed by atoms with E-state index in [-0.39, 0.29) is 25.5 Å². The molecule has 25 heavy (non-hydrogen) atoms. The van der Waals surface area contributed by atoms with Crippen molar-refractivity contribution in [2.75, 3.05) is 13.2 Å². The number of rotatable bonds is 7. The van der Waals surface area contributed by atoms with Gasteiger partial charge in [-0.2, -0.15) is 0 Å². The van der Waals surface area contributed by atoms with Crippen LogP contribution in [0.5, 0.6) is 0 Å². The molecule has 0 aromatic heterocycles. The molecule has 0 saturated heterocycles. The van der Waals surface area contributed by atoms with Gasteiger partial charge in [0.15, 0.2) is 5.41 Å². The summed E-state index contributed by atoms with van der Waals surface area (Å²) in [5, 5.41) is 0. The molecular formula is C20H21FO4. The Morgan fingerprint density at radius 2 is 1.40 bits per heavy atom. The number of halogens is 1. The van der Waals surface area contributed by atoms with Crippen molar-refractivity contribution >= 4 is 11.9 Å². The zero-order chi connectivity index (χ0) is 18.3. The highest BCUT2D eigenvalue weighted by atomic mass is 19.1. The average molecular weight is 344 g/mol. The van der Waals surface area contributed by atoms with Crippen LogP contribution < -0.4 is 0 Å². The number of esters is 2. The lowest BCUT2D eigenvalue weighted by atomic mass is 9.75. The quantitative estimate of drug-likeness (QED) is 0.570. The van der Waals surface area contributed by atoms with Crippen molar-refractivity contribution in [3.05, 3.63) is 71.5 Å². The minimum absolute atomic E-state index is 0.0228. The predicted molar refractivity (Wildman–Crippen MR) is 91.5 cm³/mol. The number of benzene rings is 2. The molecule has 0 spiro atoms. The van der Waals surface area contributed by atoms with Crippen LogP contribution in [0.3, 0.4) is 0 Å². The van der Waals surface area contributed by atoms with Crippen LogP contribution in [0, 0.1) is 5.82 Å². The minimum Gasteiger partial charge on any atom is -0.465 e. The fourth-order valence-corrected chi connectivity index (χ4v) is 2.71. The van der Waals surface area contributed by atoms with Gasteiger partial charge in [-0.25, -0.2) is 4.39 Å². The highest BCUT2D eigenvalue weighted by Gasteiger charge is 2.50. The Morgan fingerprint density at radius 1 is 0.880 bits per heavy atom. The van der Waals surface area contributed by atoms with E-state index in [9.17, 15) is 14.0 Å². The van der Waals surface area contributed by atoms with Crippen LogP contribution >= 0.6 is 0 Å². The van der Waals surface area contributed by atoms with Crippen LogP contribution in [0.1, 0.15) is 25.0 Å². The predicted octanol–water partition coefficient (Wildman–Crippen LogP) is 3.43. The highest BCUT2D eigenvalue weighted by Crippen LogP contribution is 2.32. The molecule has 0 saturated carbocycles. The Labute approximate surface area is 146 Å². The largest absolute Gasteiger partial charge is 0.465 e. The lowest BCUT2D eigenvalue weighted by molar-refractivity contribution is -0.164. The first-order valence-electron chi connectivity index (χ1n) is 8.19. The molecule has 0 amide bonds. The maximum Gasteiger partial charge on any atom is 0.328 e. The molecule has 0 radical (unpaired) electrons. The van der Waals surface area contributed by atoms with Crippen molar-refractivity contribution in [3.63, 3.8) is 0 Å². The third kappa shape index (κ3) is 4.05. The van der Waals surface area contributed by atoms with Gasteiger partial charge in [0.1, 0.15) is 5.82 Å². The van der Waals surface area contributed by atoms with Crippen LogP contribution in [-0.4, -0.2) is 25.2 Å². The molecule has 0 N–H and O–H groups in total. The standard InChI is InChI=1S/C20H21FO4/c1-3-24-18(22)20(19(23)25-4-2,16-8-6-5-7-9-16)14-15-10-12-17(21)13-11-15/h5-13H,3-4,14H2,1-2H3. The molecule has 5 heteroatoms. The summed E-state index contributed by atoms with van der Waals surface area (Å²) in [4.78, 5) is 25.7. The monoisotopic (exact) mass is 344 g/mol. The van der Waals surface area contributed by atoms with Gasteiger partial charge in [0.25, 0.3) is 0 Å². The van der Waals surface area contributed by atoms with Crippen molar-refractivity contribution in [1.29, 1.82) is 0 Å². The second-order valence-corrected chi connectivity index (χ2v) is 5.52. The fourth-order valence-electron chi connectivity index (χ4n) is 2.71. The Hall–Kier alpha value is -2.69. The van der Waals surface area contributed by atoms with Gasteiger partial charge in [0.05, 0.1) is 13.2 Å². The topological polar surface area (TPSA) is 52.6 Å². The summed E-state index contributed by atoms with van der Waals surface area (Å²) in [6, 6.07) is 14.3. The number of carbonyl (C=O) groups is 2. The van der Waals surface area contributed by atoms with Crippen molar-refractivity contribution in [1.82, 2.24) is 0 Å². The van der Waals surface area contributed by atoms with E-state index >= 15 is 0 Å². The van der Waals surface area contributed by atoms with E-state index < -0.39 is 17.4 Å². The van der Waals surface area contributed by atoms with Gasteiger partial charge in [0, 0.05) is 6.42 Å². The zero-order valence-electron chi connectivity index (χ0n) is 14.3. The van der Waals surface area contributed by atoms with E-state index in [1.807, 2.05) is 0 Å². The van der Waals surface area contributed by atoms with Gasteiger partial charge >= 0.3 is 11.9 Å². The minimum atomic E-state index is -1.63. The van der Waals surface area contributed by atoms with E-state index in [2.05, 4.69) is 0 Å². The molecule has 0 aliphatic rings.